The van der Waals surface area contributed by atoms with Gasteiger partial charge in [-0.3, -0.25) is 0 Å². The van der Waals surface area contributed by atoms with Crippen LogP contribution in [0.3, 0.4) is 0 Å². The van der Waals surface area contributed by atoms with Crippen molar-refractivity contribution >= 4 is 21.6 Å². The summed E-state index contributed by atoms with van der Waals surface area (Å²) in [6.07, 6.45) is 0. The van der Waals surface area contributed by atoms with Crippen molar-refractivity contribution in [1.29, 1.82) is 0 Å². The zero-order valence-electron chi connectivity index (χ0n) is 10.5. The Morgan fingerprint density at radius 3 is 2.61 bits per heavy atom. The molecule has 2 aromatic carbocycles. The Kier molecular flexibility index (Phi) is 4.02. The molecule has 2 aromatic rings. The van der Waals surface area contributed by atoms with E-state index < -0.39 is 0 Å². The smallest absolute Gasteiger partial charge is 0.124 e. The molecule has 0 saturated heterocycles. The van der Waals surface area contributed by atoms with Crippen molar-refractivity contribution in [2.45, 2.75) is 13.5 Å². The Hall–Kier alpha value is -1.35. The topological polar surface area (TPSA) is 3.24 Å². The van der Waals surface area contributed by atoms with E-state index in [0.29, 0.717) is 0 Å². The molecule has 94 valence electrons. The molecule has 1 nitrogen and oxygen atoms in total. The van der Waals surface area contributed by atoms with E-state index in [4.69, 9.17) is 0 Å². The number of rotatable bonds is 3. The van der Waals surface area contributed by atoms with Crippen molar-refractivity contribution in [3.8, 4) is 0 Å². The van der Waals surface area contributed by atoms with Crippen LogP contribution in [0.4, 0.5) is 10.1 Å². The van der Waals surface area contributed by atoms with Gasteiger partial charge in [0.25, 0.3) is 0 Å². The van der Waals surface area contributed by atoms with E-state index in [9.17, 15) is 4.39 Å². The fraction of sp³-hybridized carbons (Fsp3) is 0.200. The summed E-state index contributed by atoms with van der Waals surface area (Å²) in [6.45, 7) is 2.81. The van der Waals surface area contributed by atoms with Gasteiger partial charge in [0.05, 0.1) is 0 Å². The minimum Gasteiger partial charge on any atom is -0.370 e. The highest BCUT2D eigenvalue weighted by molar-refractivity contribution is 9.10. The SMILES string of the molecule is Cc1cccc(N(C)Cc2ccc(F)cc2Br)c1. The summed E-state index contributed by atoms with van der Waals surface area (Å²) < 4.78 is 13.8. The highest BCUT2D eigenvalue weighted by Gasteiger charge is 2.06. The molecule has 0 fully saturated rings. The van der Waals surface area contributed by atoms with Gasteiger partial charge in [-0.15, -0.1) is 0 Å². The molecule has 0 bridgehead atoms. The maximum absolute atomic E-state index is 13.0. The molecule has 18 heavy (non-hydrogen) atoms. The van der Waals surface area contributed by atoms with E-state index in [2.05, 4.69) is 46.0 Å². The van der Waals surface area contributed by atoms with Crippen LogP contribution < -0.4 is 4.90 Å². The Bertz CT molecular complexity index is 554. The third-order valence-corrected chi connectivity index (χ3v) is 3.60. The largest absolute Gasteiger partial charge is 0.370 e. The molecule has 0 aliphatic heterocycles. The first-order valence-corrected chi connectivity index (χ1v) is 6.57. The minimum absolute atomic E-state index is 0.219. The summed E-state index contributed by atoms with van der Waals surface area (Å²) in [5.41, 5.74) is 3.46. The summed E-state index contributed by atoms with van der Waals surface area (Å²) in [4.78, 5) is 2.14. The Morgan fingerprint density at radius 2 is 1.94 bits per heavy atom. The number of aryl methyl sites for hydroxylation is 1. The van der Waals surface area contributed by atoms with Crippen molar-refractivity contribution < 1.29 is 4.39 Å². The lowest BCUT2D eigenvalue weighted by atomic mass is 10.1. The van der Waals surface area contributed by atoms with Crippen LogP contribution in [0.2, 0.25) is 0 Å². The van der Waals surface area contributed by atoms with Crippen molar-refractivity contribution in [3.05, 3.63) is 63.9 Å². The van der Waals surface area contributed by atoms with Gasteiger partial charge in [-0.25, -0.2) is 4.39 Å². The normalized spacial score (nSPS) is 10.4. The molecule has 0 amide bonds. The number of hydrogen-bond donors (Lipinski definition) is 0. The van der Waals surface area contributed by atoms with Crippen LogP contribution >= 0.6 is 15.9 Å². The number of halogens is 2. The zero-order valence-corrected chi connectivity index (χ0v) is 12.0. The second kappa shape index (κ2) is 5.53. The maximum atomic E-state index is 13.0. The van der Waals surface area contributed by atoms with Crippen LogP contribution in [0.1, 0.15) is 11.1 Å². The van der Waals surface area contributed by atoms with Gasteiger partial charge < -0.3 is 4.90 Å². The summed E-state index contributed by atoms with van der Waals surface area (Å²) in [6, 6.07) is 13.1. The van der Waals surface area contributed by atoms with Crippen molar-refractivity contribution in [2.24, 2.45) is 0 Å². The monoisotopic (exact) mass is 307 g/mol. The number of nitrogens with zero attached hydrogens (tertiary/aromatic N) is 1. The van der Waals surface area contributed by atoms with E-state index in [1.165, 1.54) is 17.7 Å². The first-order chi connectivity index (χ1) is 8.56. The predicted molar refractivity (Wildman–Crippen MR) is 77.4 cm³/mol. The predicted octanol–water partition coefficient (Wildman–Crippen LogP) is 4.53. The molecular weight excluding hydrogens is 293 g/mol. The van der Waals surface area contributed by atoms with Crippen LogP contribution in [-0.4, -0.2) is 7.05 Å². The lowest BCUT2D eigenvalue weighted by Gasteiger charge is -2.20. The first kappa shape index (κ1) is 13.1. The summed E-state index contributed by atoms with van der Waals surface area (Å²) in [5, 5.41) is 0. The van der Waals surface area contributed by atoms with E-state index in [-0.39, 0.29) is 5.82 Å². The molecule has 0 aliphatic carbocycles. The van der Waals surface area contributed by atoms with Crippen molar-refractivity contribution in [1.82, 2.24) is 0 Å². The van der Waals surface area contributed by atoms with Gasteiger partial charge in [0.1, 0.15) is 5.82 Å². The van der Waals surface area contributed by atoms with Gasteiger partial charge in [-0.05, 0) is 42.3 Å². The molecule has 0 N–H and O–H groups in total. The Morgan fingerprint density at radius 1 is 1.17 bits per heavy atom. The number of anilines is 1. The molecule has 0 heterocycles. The van der Waals surface area contributed by atoms with Gasteiger partial charge >= 0.3 is 0 Å². The van der Waals surface area contributed by atoms with Crippen LogP contribution in [0, 0.1) is 12.7 Å². The second-order valence-corrected chi connectivity index (χ2v) is 5.29. The molecule has 0 saturated carbocycles. The minimum atomic E-state index is -0.219. The zero-order chi connectivity index (χ0) is 13.1. The van der Waals surface area contributed by atoms with Gasteiger partial charge in [-0.1, -0.05) is 34.1 Å². The standard InChI is InChI=1S/C15H15BrFN/c1-11-4-3-5-14(8-11)18(2)10-12-6-7-13(17)9-15(12)16/h3-9H,10H2,1-2H3. The lowest BCUT2D eigenvalue weighted by molar-refractivity contribution is 0.626. The fourth-order valence-electron chi connectivity index (χ4n) is 1.86. The van der Waals surface area contributed by atoms with Gasteiger partial charge in [0, 0.05) is 23.8 Å². The third-order valence-electron chi connectivity index (χ3n) is 2.87. The van der Waals surface area contributed by atoms with Crippen LogP contribution in [0.25, 0.3) is 0 Å². The van der Waals surface area contributed by atoms with E-state index in [1.807, 2.05) is 19.2 Å². The lowest BCUT2D eigenvalue weighted by Crippen LogP contribution is -2.16. The highest BCUT2D eigenvalue weighted by atomic mass is 79.9. The molecule has 2 rings (SSSR count). The van der Waals surface area contributed by atoms with Crippen LogP contribution in [0.5, 0.6) is 0 Å². The summed E-state index contributed by atoms with van der Waals surface area (Å²) in [7, 11) is 2.03. The average Bonchev–Trinajstić information content (AvgIpc) is 2.32. The Balaban J connectivity index is 2.18. The maximum Gasteiger partial charge on any atom is 0.124 e. The molecule has 0 aromatic heterocycles. The third kappa shape index (κ3) is 3.10. The summed E-state index contributed by atoms with van der Waals surface area (Å²) in [5.74, 6) is -0.219. The number of benzene rings is 2. The molecular formula is C15H15BrFN. The fourth-order valence-corrected chi connectivity index (χ4v) is 2.34. The van der Waals surface area contributed by atoms with Crippen molar-refractivity contribution in [3.63, 3.8) is 0 Å². The van der Waals surface area contributed by atoms with E-state index in [0.717, 1.165) is 22.3 Å². The molecule has 0 radical (unpaired) electrons. The Labute approximate surface area is 115 Å². The molecule has 0 unspecified atom stereocenters. The van der Waals surface area contributed by atoms with Gasteiger partial charge in [-0.2, -0.15) is 0 Å². The molecule has 0 aliphatic rings. The summed E-state index contributed by atoms with van der Waals surface area (Å²) >= 11 is 3.40. The van der Waals surface area contributed by atoms with Gasteiger partial charge in [0.15, 0.2) is 0 Å². The van der Waals surface area contributed by atoms with E-state index >= 15 is 0 Å². The molecule has 3 heteroatoms. The van der Waals surface area contributed by atoms with Crippen LogP contribution in [0.15, 0.2) is 46.9 Å². The number of hydrogen-bond acceptors (Lipinski definition) is 1. The van der Waals surface area contributed by atoms with Gasteiger partial charge in [0.2, 0.25) is 0 Å². The van der Waals surface area contributed by atoms with E-state index in [1.54, 1.807) is 0 Å². The quantitative estimate of drug-likeness (QED) is 0.805. The molecule has 0 spiro atoms. The first-order valence-electron chi connectivity index (χ1n) is 5.78. The van der Waals surface area contributed by atoms with Crippen molar-refractivity contribution in [2.75, 3.05) is 11.9 Å². The average molecular weight is 308 g/mol. The van der Waals surface area contributed by atoms with Crippen LogP contribution in [-0.2, 0) is 6.54 Å². The second-order valence-electron chi connectivity index (χ2n) is 4.43. The molecule has 0 atom stereocenters. The highest BCUT2D eigenvalue weighted by Crippen LogP contribution is 2.22.